The van der Waals surface area contributed by atoms with Gasteiger partial charge in [0.15, 0.2) is 0 Å². The van der Waals surface area contributed by atoms with Gasteiger partial charge in [-0.25, -0.2) is 0 Å². The van der Waals surface area contributed by atoms with Crippen molar-refractivity contribution in [2.45, 2.75) is 25.4 Å². The number of phenolic OH excluding ortho intramolecular Hbond substituents is 1. The summed E-state index contributed by atoms with van der Waals surface area (Å²) in [6, 6.07) is 10.9. The first-order chi connectivity index (χ1) is 11.6. The summed E-state index contributed by atoms with van der Waals surface area (Å²) >= 11 is 0. The van der Waals surface area contributed by atoms with E-state index in [1.807, 2.05) is 16.7 Å². The van der Waals surface area contributed by atoms with Crippen LogP contribution >= 0.6 is 0 Å². The van der Waals surface area contributed by atoms with Crippen LogP contribution in [0.2, 0.25) is 0 Å². The van der Waals surface area contributed by atoms with Gasteiger partial charge in [-0.15, -0.1) is 0 Å². The highest BCUT2D eigenvalue weighted by molar-refractivity contribution is 5.39. The molecule has 2 aliphatic rings. The molecular formula is C19H22N2O3. The topological polar surface area (TPSA) is 54.7 Å². The van der Waals surface area contributed by atoms with Crippen LogP contribution in [0.3, 0.4) is 0 Å². The van der Waals surface area contributed by atoms with E-state index >= 15 is 0 Å². The zero-order valence-electron chi connectivity index (χ0n) is 13.8. The largest absolute Gasteiger partial charge is 0.508 e. The number of piperidine rings is 1. The van der Waals surface area contributed by atoms with Crippen molar-refractivity contribution in [2.24, 2.45) is 5.92 Å². The quantitative estimate of drug-likeness (QED) is 0.939. The van der Waals surface area contributed by atoms with Gasteiger partial charge in [0, 0.05) is 49.4 Å². The molecule has 1 aromatic carbocycles. The van der Waals surface area contributed by atoms with Gasteiger partial charge in [-0.2, -0.15) is 0 Å². The Labute approximate surface area is 141 Å². The number of rotatable bonds is 3. The first-order valence-corrected chi connectivity index (χ1v) is 8.42. The molecule has 5 heteroatoms. The summed E-state index contributed by atoms with van der Waals surface area (Å²) in [5, 5.41) is 10.1. The SMILES string of the molecule is COc1ccc(O)c(CN2C[C@@H]3C[C@@H](C2)c2cccc(=O)n2C3)c1. The minimum absolute atomic E-state index is 0.112. The van der Waals surface area contributed by atoms with E-state index in [0.717, 1.165) is 43.1 Å². The number of aromatic hydroxyl groups is 1. The van der Waals surface area contributed by atoms with Gasteiger partial charge in [0.25, 0.3) is 5.56 Å². The summed E-state index contributed by atoms with van der Waals surface area (Å²) in [4.78, 5) is 14.5. The average Bonchev–Trinajstić information content (AvgIpc) is 2.58. The van der Waals surface area contributed by atoms with Crippen LogP contribution in [-0.4, -0.2) is 34.8 Å². The minimum atomic E-state index is 0.112. The summed E-state index contributed by atoms with van der Waals surface area (Å²) in [5.41, 5.74) is 2.15. The van der Waals surface area contributed by atoms with Gasteiger partial charge < -0.3 is 14.4 Å². The summed E-state index contributed by atoms with van der Waals surface area (Å²) in [6.45, 7) is 3.36. The summed E-state index contributed by atoms with van der Waals surface area (Å²) in [6.07, 6.45) is 1.14. The van der Waals surface area contributed by atoms with Gasteiger partial charge in [0.2, 0.25) is 0 Å². The second kappa shape index (κ2) is 5.98. The van der Waals surface area contributed by atoms with E-state index in [-0.39, 0.29) is 5.56 Å². The number of benzene rings is 1. The molecule has 1 saturated heterocycles. The van der Waals surface area contributed by atoms with Crippen molar-refractivity contribution in [3.8, 4) is 11.5 Å². The lowest BCUT2D eigenvalue weighted by molar-refractivity contribution is 0.113. The van der Waals surface area contributed by atoms with Gasteiger partial charge in [0.05, 0.1) is 7.11 Å². The van der Waals surface area contributed by atoms with Gasteiger partial charge in [-0.05, 0) is 36.6 Å². The van der Waals surface area contributed by atoms with Gasteiger partial charge in [0.1, 0.15) is 11.5 Å². The molecule has 126 valence electrons. The summed E-state index contributed by atoms with van der Waals surface area (Å²) in [7, 11) is 1.64. The van der Waals surface area contributed by atoms with Crippen molar-refractivity contribution >= 4 is 0 Å². The van der Waals surface area contributed by atoms with E-state index < -0.39 is 0 Å². The third-order valence-electron chi connectivity index (χ3n) is 5.24. The van der Waals surface area contributed by atoms with E-state index in [0.29, 0.717) is 24.1 Å². The van der Waals surface area contributed by atoms with Crippen molar-refractivity contribution in [3.05, 3.63) is 58.0 Å². The number of likely N-dealkylation sites (tertiary alicyclic amines) is 1. The first kappa shape index (κ1) is 15.3. The molecule has 0 aliphatic carbocycles. The molecule has 0 spiro atoms. The van der Waals surface area contributed by atoms with Crippen LogP contribution in [0.5, 0.6) is 11.5 Å². The predicted octanol–water partition coefficient (Wildman–Crippen LogP) is 2.18. The molecule has 2 aliphatic heterocycles. The van der Waals surface area contributed by atoms with Crippen molar-refractivity contribution < 1.29 is 9.84 Å². The Hall–Kier alpha value is -2.27. The number of pyridine rings is 1. The van der Waals surface area contributed by atoms with Gasteiger partial charge in [-0.1, -0.05) is 6.07 Å². The van der Waals surface area contributed by atoms with Crippen LogP contribution in [0.15, 0.2) is 41.2 Å². The number of methoxy groups -OCH3 is 1. The maximum atomic E-state index is 12.1. The highest BCUT2D eigenvalue weighted by atomic mass is 16.5. The fraction of sp³-hybridized carbons (Fsp3) is 0.421. The molecule has 1 fully saturated rings. The molecule has 4 rings (SSSR count). The van der Waals surface area contributed by atoms with Crippen molar-refractivity contribution in [3.63, 3.8) is 0 Å². The fourth-order valence-corrected chi connectivity index (χ4v) is 4.18. The fourth-order valence-electron chi connectivity index (χ4n) is 4.18. The van der Waals surface area contributed by atoms with Gasteiger partial charge in [-0.3, -0.25) is 9.69 Å². The molecule has 24 heavy (non-hydrogen) atoms. The van der Waals surface area contributed by atoms with Crippen LogP contribution in [0.25, 0.3) is 0 Å². The molecule has 1 aromatic heterocycles. The van der Waals surface area contributed by atoms with Crippen LogP contribution in [-0.2, 0) is 13.1 Å². The Morgan fingerprint density at radius 2 is 2.08 bits per heavy atom. The molecule has 2 bridgehead atoms. The zero-order valence-corrected chi connectivity index (χ0v) is 13.8. The molecular weight excluding hydrogens is 304 g/mol. The second-order valence-electron chi connectivity index (χ2n) is 6.89. The smallest absolute Gasteiger partial charge is 0.250 e. The lowest BCUT2D eigenvalue weighted by atomic mass is 9.83. The number of phenols is 1. The monoisotopic (exact) mass is 326 g/mol. The maximum Gasteiger partial charge on any atom is 0.250 e. The molecule has 2 aromatic rings. The number of ether oxygens (including phenoxy) is 1. The average molecular weight is 326 g/mol. The molecule has 0 amide bonds. The number of aromatic nitrogens is 1. The summed E-state index contributed by atoms with van der Waals surface area (Å²) in [5.74, 6) is 1.95. The van der Waals surface area contributed by atoms with Gasteiger partial charge >= 0.3 is 0 Å². The van der Waals surface area contributed by atoms with Crippen LogP contribution < -0.4 is 10.3 Å². The Kier molecular flexibility index (Phi) is 3.81. The molecule has 0 unspecified atom stereocenters. The zero-order chi connectivity index (χ0) is 16.7. The normalized spacial score (nSPS) is 22.9. The lowest BCUT2D eigenvalue weighted by Crippen LogP contribution is -2.46. The number of nitrogens with zero attached hydrogens (tertiary/aromatic N) is 2. The predicted molar refractivity (Wildman–Crippen MR) is 91.5 cm³/mol. The molecule has 5 nitrogen and oxygen atoms in total. The van der Waals surface area contributed by atoms with E-state index in [4.69, 9.17) is 4.74 Å². The van der Waals surface area contributed by atoms with E-state index in [9.17, 15) is 9.90 Å². The molecule has 0 saturated carbocycles. The molecule has 2 atom stereocenters. The van der Waals surface area contributed by atoms with Crippen LogP contribution in [0.4, 0.5) is 0 Å². The third-order valence-corrected chi connectivity index (χ3v) is 5.24. The second-order valence-corrected chi connectivity index (χ2v) is 6.89. The van der Waals surface area contributed by atoms with Crippen LogP contribution in [0.1, 0.15) is 23.6 Å². The first-order valence-electron chi connectivity index (χ1n) is 8.42. The number of fused-ring (bicyclic) bond motifs is 4. The van der Waals surface area contributed by atoms with Crippen molar-refractivity contribution in [2.75, 3.05) is 20.2 Å². The highest BCUT2D eigenvalue weighted by Gasteiger charge is 2.34. The Morgan fingerprint density at radius 3 is 2.92 bits per heavy atom. The van der Waals surface area contributed by atoms with E-state index in [1.54, 1.807) is 25.3 Å². The van der Waals surface area contributed by atoms with E-state index in [1.165, 1.54) is 0 Å². The summed E-state index contributed by atoms with van der Waals surface area (Å²) < 4.78 is 7.21. The minimum Gasteiger partial charge on any atom is -0.508 e. The molecule has 0 radical (unpaired) electrons. The maximum absolute atomic E-state index is 12.1. The highest BCUT2D eigenvalue weighted by Crippen LogP contribution is 2.36. The number of hydrogen-bond acceptors (Lipinski definition) is 4. The Balaban J connectivity index is 1.57. The third kappa shape index (κ3) is 2.69. The Bertz CT molecular complexity index is 814. The van der Waals surface area contributed by atoms with Crippen LogP contribution in [0, 0.1) is 5.92 Å². The Morgan fingerprint density at radius 1 is 1.21 bits per heavy atom. The molecule has 1 N–H and O–H groups in total. The van der Waals surface area contributed by atoms with Crippen molar-refractivity contribution in [1.29, 1.82) is 0 Å². The van der Waals surface area contributed by atoms with E-state index in [2.05, 4.69) is 11.0 Å². The number of hydrogen-bond donors (Lipinski definition) is 1. The standard InChI is InChI=1S/C19H22N2O3/c1-24-16-5-6-18(22)15(8-16)12-20-9-13-7-14(11-20)17-3-2-4-19(23)21(17)10-13/h2-6,8,13-14,22H,7,9-12H2,1H3/t13-,14-/m0/s1. The molecule has 3 heterocycles. The lowest BCUT2D eigenvalue weighted by Gasteiger charge is -2.42. The van der Waals surface area contributed by atoms with Crippen molar-refractivity contribution in [1.82, 2.24) is 9.47 Å².